The second-order valence-corrected chi connectivity index (χ2v) is 6.98. The highest BCUT2D eigenvalue weighted by Gasteiger charge is 2.19. The van der Waals surface area contributed by atoms with Crippen LogP contribution < -0.4 is 5.32 Å². The molecule has 0 spiro atoms. The van der Waals surface area contributed by atoms with Gasteiger partial charge in [-0.05, 0) is 43.7 Å². The van der Waals surface area contributed by atoms with Gasteiger partial charge in [0.25, 0.3) is 0 Å². The molecule has 0 saturated carbocycles. The van der Waals surface area contributed by atoms with E-state index in [1.54, 1.807) is 0 Å². The number of hydrogen-bond donors (Lipinski definition) is 1. The Morgan fingerprint density at radius 1 is 1.00 bits per heavy atom. The molecule has 0 aliphatic carbocycles. The molecule has 1 nitrogen and oxygen atoms in total. The zero-order valence-electron chi connectivity index (χ0n) is 13.1. The first-order valence-electron chi connectivity index (χ1n) is 7.04. The van der Waals surface area contributed by atoms with Gasteiger partial charge in [0.05, 0.1) is 0 Å². The highest BCUT2D eigenvalue weighted by molar-refractivity contribution is 5.29. The van der Waals surface area contributed by atoms with Crippen LogP contribution in [0.15, 0.2) is 24.3 Å². The van der Waals surface area contributed by atoms with Crippen LogP contribution >= 0.6 is 0 Å². The van der Waals surface area contributed by atoms with Gasteiger partial charge in [0.1, 0.15) is 0 Å². The second kappa shape index (κ2) is 5.44. The number of benzene rings is 1. The van der Waals surface area contributed by atoms with E-state index in [2.05, 4.69) is 78.0 Å². The predicted molar refractivity (Wildman–Crippen MR) is 81.1 cm³/mol. The lowest BCUT2D eigenvalue weighted by molar-refractivity contribution is 0.337. The first-order valence-corrected chi connectivity index (χ1v) is 7.04. The van der Waals surface area contributed by atoms with E-state index in [4.69, 9.17) is 0 Å². The topological polar surface area (TPSA) is 12.0 Å². The minimum atomic E-state index is 0.197. The number of nitrogens with one attached hydrogen (secondary N) is 1. The van der Waals surface area contributed by atoms with Gasteiger partial charge in [-0.25, -0.2) is 0 Å². The van der Waals surface area contributed by atoms with Crippen LogP contribution in [0.1, 0.15) is 72.1 Å². The smallest absolute Gasteiger partial charge is 0.0296 e. The van der Waals surface area contributed by atoms with E-state index in [1.807, 2.05) is 0 Å². The lowest BCUT2D eigenvalue weighted by atomic mass is 9.86. The zero-order valence-corrected chi connectivity index (χ0v) is 13.1. The summed E-state index contributed by atoms with van der Waals surface area (Å²) in [5.74, 6) is 0. The molecule has 1 aromatic carbocycles. The maximum absolute atomic E-state index is 3.68. The van der Waals surface area contributed by atoms with Crippen molar-refractivity contribution >= 4 is 0 Å². The minimum Gasteiger partial charge on any atom is -0.305 e. The van der Waals surface area contributed by atoms with E-state index in [1.165, 1.54) is 11.1 Å². The third kappa shape index (κ3) is 4.13. The Kier molecular flexibility index (Phi) is 4.61. The molecule has 1 heteroatoms. The first kappa shape index (κ1) is 15.2. The largest absolute Gasteiger partial charge is 0.305 e. The van der Waals surface area contributed by atoms with Gasteiger partial charge in [-0.2, -0.15) is 0 Å². The summed E-state index contributed by atoms with van der Waals surface area (Å²) in [6.07, 6.45) is 1.14. The normalized spacial score (nSPS) is 14.6. The lowest BCUT2D eigenvalue weighted by Crippen LogP contribution is -2.40. The van der Waals surface area contributed by atoms with Crippen molar-refractivity contribution in [1.29, 1.82) is 0 Å². The van der Waals surface area contributed by atoms with Crippen molar-refractivity contribution in [3.63, 3.8) is 0 Å². The fourth-order valence-corrected chi connectivity index (χ4v) is 2.04. The number of hydrogen-bond acceptors (Lipinski definition) is 1. The summed E-state index contributed by atoms with van der Waals surface area (Å²) in [7, 11) is 0. The van der Waals surface area contributed by atoms with Gasteiger partial charge in [-0.1, -0.05) is 52.0 Å². The fraction of sp³-hybridized carbons (Fsp3) is 0.647. The summed E-state index contributed by atoms with van der Waals surface area (Å²) in [5, 5.41) is 3.68. The molecule has 1 N–H and O–H groups in total. The predicted octanol–water partition coefficient (Wildman–Crippen LogP) is 4.82. The van der Waals surface area contributed by atoms with Crippen LogP contribution in [0.3, 0.4) is 0 Å². The van der Waals surface area contributed by atoms with Gasteiger partial charge in [-0.3, -0.25) is 0 Å². The quantitative estimate of drug-likeness (QED) is 0.804. The Hall–Kier alpha value is -0.820. The van der Waals surface area contributed by atoms with Gasteiger partial charge >= 0.3 is 0 Å². The van der Waals surface area contributed by atoms with E-state index in [0.29, 0.717) is 6.04 Å². The van der Waals surface area contributed by atoms with Gasteiger partial charge in [0, 0.05) is 11.6 Å². The Bertz CT molecular complexity index is 368. The minimum absolute atomic E-state index is 0.197. The summed E-state index contributed by atoms with van der Waals surface area (Å²) < 4.78 is 0. The molecule has 0 aromatic heterocycles. The Balaban J connectivity index is 2.80. The molecule has 0 aliphatic rings. The van der Waals surface area contributed by atoms with E-state index < -0.39 is 0 Å². The van der Waals surface area contributed by atoms with Crippen molar-refractivity contribution in [3.05, 3.63) is 35.4 Å². The van der Waals surface area contributed by atoms with Gasteiger partial charge in [0.15, 0.2) is 0 Å². The third-order valence-corrected chi connectivity index (χ3v) is 3.77. The van der Waals surface area contributed by atoms with Crippen LogP contribution in [0.2, 0.25) is 0 Å². The highest BCUT2D eigenvalue weighted by Crippen LogP contribution is 2.25. The molecule has 102 valence electrons. The molecule has 1 atom stereocenters. The summed E-state index contributed by atoms with van der Waals surface area (Å²) in [6, 6.07) is 9.42. The monoisotopic (exact) mass is 247 g/mol. The van der Waals surface area contributed by atoms with Crippen molar-refractivity contribution in [1.82, 2.24) is 5.32 Å². The molecular formula is C17H29N. The van der Waals surface area contributed by atoms with Crippen LogP contribution in [0.25, 0.3) is 0 Å². The van der Waals surface area contributed by atoms with Gasteiger partial charge in [-0.15, -0.1) is 0 Å². The van der Waals surface area contributed by atoms with Crippen molar-refractivity contribution < 1.29 is 0 Å². The lowest BCUT2D eigenvalue weighted by Gasteiger charge is -2.29. The summed E-state index contributed by atoms with van der Waals surface area (Å²) in [5.41, 5.74) is 3.19. The van der Waals surface area contributed by atoms with E-state index in [-0.39, 0.29) is 11.0 Å². The van der Waals surface area contributed by atoms with Crippen LogP contribution in [0, 0.1) is 0 Å². The van der Waals surface area contributed by atoms with E-state index >= 15 is 0 Å². The van der Waals surface area contributed by atoms with Crippen molar-refractivity contribution in [2.75, 3.05) is 0 Å². The Morgan fingerprint density at radius 2 is 1.50 bits per heavy atom. The Morgan fingerprint density at radius 3 is 1.89 bits per heavy atom. The zero-order chi connectivity index (χ0) is 14.0. The van der Waals surface area contributed by atoms with Gasteiger partial charge < -0.3 is 5.32 Å². The maximum Gasteiger partial charge on any atom is 0.0296 e. The molecular weight excluding hydrogens is 218 g/mol. The molecule has 0 heterocycles. The van der Waals surface area contributed by atoms with Crippen LogP contribution in [0.4, 0.5) is 0 Å². The fourth-order valence-electron chi connectivity index (χ4n) is 2.04. The highest BCUT2D eigenvalue weighted by atomic mass is 15.0. The second-order valence-electron chi connectivity index (χ2n) is 6.98. The number of rotatable bonds is 4. The molecule has 1 rings (SSSR count). The molecule has 0 fully saturated rings. The van der Waals surface area contributed by atoms with Crippen LogP contribution in [-0.4, -0.2) is 5.54 Å². The standard InChI is InChI=1S/C17H29N/c1-8-17(6,7)18-13(2)14-9-11-15(12-10-14)16(3,4)5/h9-13,18H,8H2,1-7H3. The van der Waals surface area contributed by atoms with Crippen LogP contribution in [0.5, 0.6) is 0 Å². The van der Waals surface area contributed by atoms with E-state index in [0.717, 1.165) is 6.42 Å². The maximum atomic E-state index is 3.68. The summed E-state index contributed by atoms with van der Waals surface area (Å²) in [4.78, 5) is 0. The molecule has 0 aliphatic heterocycles. The average Bonchev–Trinajstić information content (AvgIpc) is 2.27. The van der Waals surface area contributed by atoms with Crippen molar-refractivity contribution in [2.24, 2.45) is 0 Å². The molecule has 1 aromatic rings. The van der Waals surface area contributed by atoms with Crippen molar-refractivity contribution in [3.8, 4) is 0 Å². The molecule has 18 heavy (non-hydrogen) atoms. The molecule has 0 bridgehead atoms. The third-order valence-electron chi connectivity index (χ3n) is 3.77. The molecule has 1 unspecified atom stereocenters. The van der Waals surface area contributed by atoms with Crippen molar-refractivity contribution in [2.45, 2.75) is 71.9 Å². The molecule has 0 amide bonds. The van der Waals surface area contributed by atoms with E-state index in [9.17, 15) is 0 Å². The average molecular weight is 247 g/mol. The Labute approximate surface area is 113 Å². The SMILES string of the molecule is CCC(C)(C)NC(C)c1ccc(C(C)(C)C)cc1. The van der Waals surface area contributed by atoms with Gasteiger partial charge in [0.2, 0.25) is 0 Å². The van der Waals surface area contributed by atoms with Crippen LogP contribution in [-0.2, 0) is 5.41 Å². The summed E-state index contributed by atoms with van der Waals surface area (Å²) >= 11 is 0. The molecule has 0 radical (unpaired) electrons. The molecule has 0 saturated heterocycles. The summed E-state index contributed by atoms with van der Waals surface area (Å²) in [6.45, 7) is 15.7. The first-order chi connectivity index (χ1) is 8.15.